The topological polar surface area (TPSA) is 0 Å². The number of hydrogen-bond donors (Lipinski definition) is 0. The van der Waals surface area contributed by atoms with Gasteiger partial charge in [-0.1, -0.05) is 31.6 Å². The summed E-state index contributed by atoms with van der Waals surface area (Å²) >= 11 is 0. The molecule has 0 aromatic rings. The lowest BCUT2D eigenvalue weighted by Gasteiger charge is -2.02. The van der Waals surface area contributed by atoms with Crippen LogP contribution in [-0.4, -0.2) is 0 Å². The predicted molar refractivity (Wildman–Crippen MR) is 48.1 cm³/mol. The van der Waals surface area contributed by atoms with Crippen molar-refractivity contribution in [2.45, 2.75) is 40.5 Å². The van der Waals surface area contributed by atoms with Crippen LogP contribution in [0, 0.1) is 0 Å². The largest absolute Gasteiger partial charge is 0.0845 e. The van der Waals surface area contributed by atoms with Crippen molar-refractivity contribution in [2.75, 3.05) is 0 Å². The quantitative estimate of drug-likeness (QED) is 0.522. The Morgan fingerprint density at radius 3 is 2.20 bits per heavy atom. The molecule has 0 fully saturated rings. The zero-order valence-corrected chi connectivity index (χ0v) is 7.57. The van der Waals surface area contributed by atoms with Gasteiger partial charge < -0.3 is 0 Å². The average Bonchev–Trinajstić information content (AvgIpc) is 1.99. The Labute approximate surface area is 64.6 Å². The molecule has 0 radical (unpaired) electrons. The van der Waals surface area contributed by atoms with Crippen LogP contribution in [0.3, 0.4) is 0 Å². The van der Waals surface area contributed by atoms with Crippen LogP contribution in [0.15, 0.2) is 23.3 Å². The second-order valence-electron chi connectivity index (χ2n) is 2.46. The molecule has 0 aromatic carbocycles. The molecule has 0 rings (SSSR count). The molecule has 0 heterocycles. The van der Waals surface area contributed by atoms with E-state index in [1.165, 1.54) is 11.1 Å². The lowest BCUT2D eigenvalue weighted by molar-refractivity contribution is 1.06. The minimum atomic E-state index is 1.15. The molecule has 0 N–H and O–H groups in total. The van der Waals surface area contributed by atoms with Gasteiger partial charge in [0.2, 0.25) is 0 Å². The first-order valence-corrected chi connectivity index (χ1v) is 4.08. The highest BCUT2D eigenvalue weighted by Gasteiger charge is 1.92. The Kier molecular flexibility index (Phi) is 5.00. The fourth-order valence-electron chi connectivity index (χ4n) is 1.02. The van der Waals surface area contributed by atoms with Gasteiger partial charge in [0, 0.05) is 0 Å². The van der Waals surface area contributed by atoms with Gasteiger partial charge >= 0.3 is 0 Å². The van der Waals surface area contributed by atoms with Crippen molar-refractivity contribution in [3.63, 3.8) is 0 Å². The van der Waals surface area contributed by atoms with Crippen LogP contribution >= 0.6 is 0 Å². The predicted octanol–water partition coefficient (Wildman–Crippen LogP) is 3.70. The van der Waals surface area contributed by atoms with Crippen molar-refractivity contribution in [1.82, 2.24) is 0 Å². The number of hydrogen-bond acceptors (Lipinski definition) is 0. The van der Waals surface area contributed by atoms with E-state index < -0.39 is 0 Å². The van der Waals surface area contributed by atoms with Crippen LogP contribution < -0.4 is 0 Å². The molecule has 0 aliphatic carbocycles. The van der Waals surface area contributed by atoms with Crippen LogP contribution in [0.4, 0.5) is 0 Å². The first-order chi connectivity index (χ1) is 4.76. The van der Waals surface area contributed by atoms with Crippen molar-refractivity contribution >= 4 is 0 Å². The Bertz CT molecular complexity index is 138. The van der Waals surface area contributed by atoms with E-state index in [1.807, 2.05) is 0 Å². The fourth-order valence-corrected chi connectivity index (χ4v) is 1.02. The first kappa shape index (κ1) is 9.48. The highest BCUT2D eigenvalue weighted by Crippen LogP contribution is 2.13. The molecular formula is C10H18. The summed E-state index contributed by atoms with van der Waals surface area (Å²) in [4.78, 5) is 0. The van der Waals surface area contributed by atoms with Crippen molar-refractivity contribution in [3.8, 4) is 0 Å². The lowest BCUT2D eigenvalue weighted by Crippen LogP contribution is -1.82. The van der Waals surface area contributed by atoms with Gasteiger partial charge in [-0.25, -0.2) is 0 Å². The minimum absolute atomic E-state index is 1.15. The van der Waals surface area contributed by atoms with Gasteiger partial charge in [0.1, 0.15) is 0 Å². The normalized spacial score (nSPS) is 14.0. The summed E-state index contributed by atoms with van der Waals surface area (Å²) in [6.07, 6.45) is 6.78. The highest BCUT2D eigenvalue weighted by atomic mass is 14.0. The maximum Gasteiger partial charge on any atom is -0.0308 e. The molecular weight excluding hydrogens is 120 g/mol. The van der Waals surface area contributed by atoms with E-state index in [-0.39, 0.29) is 0 Å². The Morgan fingerprint density at radius 1 is 1.30 bits per heavy atom. The maximum absolute atomic E-state index is 2.30. The highest BCUT2D eigenvalue weighted by molar-refractivity contribution is 5.27. The Morgan fingerprint density at radius 2 is 1.90 bits per heavy atom. The molecule has 0 atom stereocenters. The number of allylic oxidation sites excluding steroid dienone is 4. The zero-order chi connectivity index (χ0) is 7.98. The SMILES string of the molecule is CC=C(C)C(=CCC)CC. The first-order valence-electron chi connectivity index (χ1n) is 4.08. The van der Waals surface area contributed by atoms with E-state index >= 15 is 0 Å². The monoisotopic (exact) mass is 138 g/mol. The summed E-state index contributed by atoms with van der Waals surface area (Å²) in [6.45, 7) is 8.65. The van der Waals surface area contributed by atoms with Gasteiger partial charge in [-0.3, -0.25) is 0 Å². The molecule has 0 aliphatic rings. The molecule has 0 aliphatic heterocycles. The summed E-state index contributed by atoms with van der Waals surface area (Å²) in [5, 5.41) is 0. The van der Waals surface area contributed by atoms with Crippen molar-refractivity contribution in [3.05, 3.63) is 23.3 Å². The van der Waals surface area contributed by atoms with Gasteiger partial charge in [0.25, 0.3) is 0 Å². The van der Waals surface area contributed by atoms with E-state index in [2.05, 4.69) is 39.8 Å². The van der Waals surface area contributed by atoms with Crippen molar-refractivity contribution in [2.24, 2.45) is 0 Å². The summed E-state index contributed by atoms with van der Waals surface area (Å²) in [6, 6.07) is 0. The van der Waals surface area contributed by atoms with Gasteiger partial charge in [0.15, 0.2) is 0 Å². The Balaban J connectivity index is 4.21. The summed E-state index contributed by atoms with van der Waals surface area (Å²) in [5.74, 6) is 0. The number of rotatable bonds is 3. The van der Waals surface area contributed by atoms with E-state index in [4.69, 9.17) is 0 Å². The zero-order valence-electron chi connectivity index (χ0n) is 7.57. The summed E-state index contributed by atoms with van der Waals surface area (Å²) in [5.41, 5.74) is 2.91. The molecule has 0 spiro atoms. The molecule has 0 amide bonds. The molecule has 0 aromatic heterocycles. The fraction of sp³-hybridized carbons (Fsp3) is 0.600. The summed E-state index contributed by atoms with van der Waals surface area (Å²) < 4.78 is 0. The third-order valence-corrected chi connectivity index (χ3v) is 1.77. The maximum atomic E-state index is 2.30. The van der Waals surface area contributed by atoms with E-state index in [0.717, 1.165) is 12.8 Å². The smallest absolute Gasteiger partial charge is 0.0308 e. The summed E-state index contributed by atoms with van der Waals surface area (Å²) in [7, 11) is 0. The van der Waals surface area contributed by atoms with Crippen LogP contribution in [0.5, 0.6) is 0 Å². The molecule has 0 saturated heterocycles. The molecule has 0 nitrogen and oxygen atoms in total. The van der Waals surface area contributed by atoms with E-state index in [9.17, 15) is 0 Å². The van der Waals surface area contributed by atoms with E-state index in [0.29, 0.717) is 0 Å². The van der Waals surface area contributed by atoms with Gasteiger partial charge in [0.05, 0.1) is 0 Å². The van der Waals surface area contributed by atoms with Gasteiger partial charge in [-0.2, -0.15) is 0 Å². The van der Waals surface area contributed by atoms with Gasteiger partial charge in [-0.05, 0) is 32.3 Å². The van der Waals surface area contributed by atoms with Crippen LogP contribution in [0.2, 0.25) is 0 Å². The van der Waals surface area contributed by atoms with Crippen LogP contribution in [0.1, 0.15) is 40.5 Å². The molecule has 0 heteroatoms. The van der Waals surface area contributed by atoms with Crippen LogP contribution in [0.25, 0.3) is 0 Å². The lowest BCUT2D eigenvalue weighted by atomic mass is 10.0. The molecule has 58 valence electrons. The van der Waals surface area contributed by atoms with Crippen molar-refractivity contribution < 1.29 is 0 Å². The second kappa shape index (κ2) is 5.28. The second-order valence-corrected chi connectivity index (χ2v) is 2.46. The molecule has 0 bridgehead atoms. The Hall–Kier alpha value is -0.520. The van der Waals surface area contributed by atoms with Crippen LogP contribution in [-0.2, 0) is 0 Å². The van der Waals surface area contributed by atoms with E-state index in [1.54, 1.807) is 0 Å². The molecule has 10 heavy (non-hydrogen) atoms. The van der Waals surface area contributed by atoms with Crippen molar-refractivity contribution in [1.29, 1.82) is 0 Å². The third kappa shape index (κ3) is 2.86. The third-order valence-electron chi connectivity index (χ3n) is 1.77. The minimum Gasteiger partial charge on any atom is -0.0845 e. The molecule has 0 unspecified atom stereocenters. The average molecular weight is 138 g/mol. The molecule has 0 saturated carbocycles. The van der Waals surface area contributed by atoms with Gasteiger partial charge in [-0.15, -0.1) is 0 Å². The standard InChI is InChI=1S/C10H18/c1-5-8-10(7-3)9(4)6-2/h6,8H,5,7H2,1-4H3.